The molecule has 2 aromatic carbocycles. The van der Waals surface area contributed by atoms with Crippen LogP contribution < -0.4 is 10.2 Å². The molecule has 35 heavy (non-hydrogen) atoms. The van der Waals surface area contributed by atoms with E-state index in [0.29, 0.717) is 16.8 Å². The molecule has 0 aliphatic carbocycles. The summed E-state index contributed by atoms with van der Waals surface area (Å²) in [4.78, 5) is 14.5. The number of nitrogens with zero attached hydrogens (tertiary/aromatic N) is 2. The van der Waals surface area contributed by atoms with Crippen LogP contribution in [0.15, 0.2) is 52.4 Å². The van der Waals surface area contributed by atoms with E-state index in [0.717, 1.165) is 37.2 Å². The molecule has 2 heterocycles. The summed E-state index contributed by atoms with van der Waals surface area (Å²) in [7, 11) is -3.75. The van der Waals surface area contributed by atoms with Crippen molar-refractivity contribution in [3.8, 4) is 0 Å². The van der Waals surface area contributed by atoms with E-state index in [2.05, 4.69) is 34.3 Å². The second-order valence-electron chi connectivity index (χ2n) is 10.4. The number of alkyl carbamates (subject to hydrolysis) is 1. The van der Waals surface area contributed by atoms with E-state index in [1.54, 1.807) is 12.1 Å². The van der Waals surface area contributed by atoms with Gasteiger partial charge in [-0.3, -0.25) is 5.10 Å². The van der Waals surface area contributed by atoms with Gasteiger partial charge in [-0.2, -0.15) is 5.10 Å². The maximum absolute atomic E-state index is 13.4. The molecule has 1 fully saturated rings. The van der Waals surface area contributed by atoms with Crippen molar-refractivity contribution in [3.05, 3.63) is 48.0 Å². The van der Waals surface area contributed by atoms with Gasteiger partial charge in [-0.1, -0.05) is 26.0 Å². The van der Waals surface area contributed by atoms with Crippen LogP contribution in [0.2, 0.25) is 0 Å². The first-order valence-electron chi connectivity index (χ1n) is 12.0. The van der Waals surface area contributed by atoms with Gasteiger partial charge in [0.1, 0.15) is 5.60 Å². The number of hydrogen-bond donors (Lipinski definition) is 2. The van der Waals surface area contributed by atoms with E-state index in [9.17, 15) is 13.2 Å². The number of H-pyrrole nitrogens is 1. The fourth-order valence-corrected chi connectivity index (χ4v) is 5.63. The Hall–Kier alpha value is -3.07. The molecule has 3 aromatic rings. The quantitative estimate of drug-likeness (QED) is 0.512. The Morgan fingerprint density at radius 1 is 1.11 bits per heavy atom. The number of ether oxygens (including phenoxy) is 1. The van der Waals surface area contributed by atoms with Crippen LogP contribution in [0.3, 0.4) is 0 Å². The lowest BCUT2D eigenvalue weighted by atomic mass is 10.0. The lowest BCUT2D eigenvalue weighted by Crippen LogP contribution is -2.46. The molecule has 2 N–H and O–H groups in total. The fourth-order valence-electron chi connectivity index (χ4n) is 4.28. The Balaban J connectivity index is 1.51. The molecule has 0 bridgehead atoms. The summed E-state index contributed by atoms with van der Waals surface area (Å²) in [6.07, 6.45) is 1.15. The maximum atomic E-state index is 13.4. The zero-order chi connectivity index (χ0) is 25.4. The van der Waals surface area contributed by atoms with E-state index >= 15 is 0 Å². The minimum atomic E-state index is -3.75. The van der Waals surface area contributed by atoms with Crippen LogP contribution in [0, 0.1) is 0 Å². The van der Waals surface area contributed by atoms with Gasteiger partial charge >= 0.3 is 6.09 Å². The van der Waals surface area contributed by atoms with Crippen LogP contribution in [-0.2, 0) is 14.6 Å². The van der Waals surface area contributed by atoms with Gasteiger partial charge < -0.3 is 15.0 Å². The molecule has 0 atom stereocenters. The SMILES string of the molecule is CC(C)c1ccc(S(=O)(=O)c2[nH]nc3ccc(N4CCC(NC(=O)OC(C)(C)C)CC4)cc23)cc1. The smallest absolute Gasteiger partial charge is 0.407 e. The second kappa shape index (κ2) is 9.53. The first-order chi connectivity index (χ1) is 16.4. The first kappa shape index (κ1) is 25.0. The number of benzene rings is 2. The number of piperidine rings is 1. The van der Waals surface area contributed by atoms with Crippen molar-refractivity contribution in [2.75, 3.05) is 18.0 Å². The summed E-state index contributed by atoms with van der Waals surface area (Å²) in [6, 6.07) is 12.8. The highest BCUT2D eigenvalue weighted by Gasteiger charge is 2.26. The van der Waals surface area contributed by atoms with Gasteiger partial charge in [0, 0.05) is 30.2 Å². The number of carbonyl (C=O) groups is 1. The molecule has 1 aliphatic heterocycles. The van der Waals surface area contributed by atoms with Crippen LogP contribution >= 0.6 is 0 Å². The summed E-state index contributed by atoms with van der Waals surface area (Å²) in [5.74, 6) is 0.325. The Morgan fingerprint density at radius 3 is 2.37 bits per heavy atom. The number of amides is 1. The van der Waals surface area contributed by atoms with E-state index in [1.165, 1.54) is 0 Å². The zero-order valence-corrected chi connectivity index (χ0v) is 21.8. The number of sulfone groups is 1. The van der Waals surface area contributed by atoms with Crippen molar-refractivity contribution in [2.45, 2.75) is 74.9 Å². The van der Waals surface area contributed by atoms with Crippen LogP contribution in [0.4, 0.5) is 10.5 Å². The Labute approximate surface area is 207 Å². The number of fused-ring (bicyclic) bond motifs is 1. The van der Waals surface area contributed by atoms with E-state index < -0.39 is 21.5 Å². The summed E-state index contributed by atoms with van der Waals surface area (Å²) in [5.41, 5.74) is 2.10. The standard InChI is InChI=1S/C26H34N4O4S/c1-17(2)18-6-9-21(10-7-18)35(32,33)24-22-16-20(8-11-23(22)28-29-24)30-14-12-19(13-15-30)27-25(31)34-26(3,4)5/h6-11,16-17,19H,12-15H2,1-5H3,(H,27,31)(H,28,29). The summed E-state index contributed by atoms with van der Waals surface area (Å²) in [6.45, 7) is 11.2. The Bertz CT molecular complexity index is 1300. The van der Waals surface area contributed by atoms with Crippen LogP contribution in [0.5, 0.6) is 0 Å². The van der Waals surface area contributed by atoms with Crippen molar-refractivity contribution < 1.29 is 17.9 Å². The minimum absolute atomic E-state index is 0.0449. The molecule has 0 unspecified atom stereocenters. The van der Waals surface area contributed by atoms with E-state index in [-0.39, 0.29) is 16.0 Å². The van der Waals surface area contributed by atoms with E-state index in [1.807, 2.05) is 51.1 Å². The zero-order valence-electron chi connectivity index (χ0n) is 21.0. The van der Waals surface area contributed by atoms with Crippen LogP contribution in [0.1, 0.15) is 58.9 Å². The molecular formula is C26H34N4O4S. The van der Waals surface area contributed by atoms with Gasteiger partial charge in [0.15, 0.2) is 5.03 Å². The topological polar surface area (TPSA) is 104 Å². The molecule has 0 radical (unpaired) electrons. The van der Waals surface area contributed by atoms with Gasteiger partial charge in [0.2, 0.25) is 9.84 Å². The van der Waals surface area contributed by atoms with Gasteiger partial charge in [-0.15, -0.1) is 0 Å². The number of anilines is 1. The molecule has 0 saturated carbocycles. The molecule has 1 aromatic heterocycles. The average Bonchev–Trinajstić information content (AvgIpc) is 3.22. The fraction of sp³-hybridized carbons (Fsp3) is 0.462. The first-order valence-corrected chi connectivity index (χ1v) is 13.5. The molecule has 1 saturated heterocycles. The third-order valence-electron chi connectivity index (χ3n) is 6.21. The Kier molecular flexibility index (Phi) is 6.81. The van der Waals surface area contributed by atoms with Gasteiger partial charge in [0.05, 0.1) is 10.4 Å². The highest BCUT2D eigenvalue weighted by atomic mass is 32.2. The highest BCUT2D eigenvalue weighted by molar-refractivity contribution is 7.91. The molecule has 9 heteroatoms. The van der Waals surface area contributed by atoms with Gasteiger partial charge in [-0.05, 0) is 75.4 Å². The average molecular weight is 499 g/mol. The van der Waals surface area contributed by atoms with Crippen molar-refractivity contribution in [3.63, 3.8) is 0 Å². The molecular weight excluding hydrogens is 464 g/mol. The molecule has 1 amide bonds. The van der Waals surface area contributed by atoms with Crippen molar-refractivity contribution in [1.82, 2.24) is 15.5 Å². The number of rotatable bonds is 5. The van der Waals surface area contributed by atoms with Crippen molar-refractivity contribution in [1.29, 1.82) is 0 Å². The van der Waals surface area contributed by atoms with Crippen LogP contribution in [0.25, 0.3) is 10.9 Å². The number of aromatic amines is 1. The molecule has 8 nitrogen and oxygen atoms in total. The normalized spacial score (nSPS) is 15.5. The number of hydrogen-bond acceptors (Lipinski definition) is 6. The Morgan fingerprint density at radius 2 is 1.77 bits per heavy atom. The largest absolute Gasteiger partial charge is 0.444 e. The van der Waals surface area contributed by atoms with E-state index in [4.69, 9.17) is 4.74 Å². The lowest BCUT2D eigenvalue weighted by Gasteiger charge is -2.34. The third-order valence-corrected chi connectivity index (χ3v) is 7.95. The molecule has 4 rings (SSSR count). The number of aromatic nitrogens is 2. The molecule has 1 aliphatic rings. The number of carbonyl (C=O) groups excluding carboxylic acids is 1. The summed E-state index contributed by atoms with van der Waals surface area (Å²) >= 11 is 0. The highest BCUT2D eigenvalue weighted by Crippen LogP contribution is 2.31. The summed E-state index contributed by atoms with van der Waals surface area (Å²) < 4.78 is 32.1. The third kappa shape index (κ3) is 5.61. The predicted molar refractivity (Wildman–Crippen MR) is 137 cm³/mol. The molecule has 0 spiro atoms. The second-order valence-corrected chi connectivity index (χ2v) is 12.3. The van der Waals surface area contributed by atoms with Gasteiger partial charge in [0.25, 0.3) is 0 Å². The van der Waals surface area contributed by atoms with Crippen LogP contribution in [-0.4, -0.2) is 49.4 Å². The monoisotopic (exact) mass is 498 g/mol. The van der Waals surface area contributed by atoms with Crippen molar-refractivity contribution >= 4 is 32.5 Å². The lowest BCUT2D eigenvalue weighted by molar-refractivity contribution is 0.0497. The minimum Gasteiger partial charge on any atom is -0.444 e. The predicted octanol–water partition coefficient (Wildman–Crippen LogP) is 5.01. The van der Waals surface area contributed by atoms with Gasteiger partial charge in [-0.25, -0.2) is 13.2 Å². The number of nitrogens with one attached hydrogen (secondary N) is 2. The maximum Gasteiger partial charge on any atom is 0.407 e. The summed E-state index contributed by atoms with van der Waals surface area (Å²) in [5, 5.41) is 10.6. The van der Waals surface area contributed by atoms with Crippen molar-refractivity contribution in [2.24, 2.45) is 0 Å². The molecule has 188 valence electrons.